The summed E-state index contributed by atoms with van der Waals surface area (Å²) in [4.78, 5) is 4.16. The first-order chi connectivity index (χ1) is 6.11. The lowest BCUT2D eigenvalue weighted by Gasteiger charge is -2.01. The average molecular weight is 280 g/mol. The Hall–Kier alpha value is -0.250. The number of halogens is 3. The van der Waals surface area contributed by atoms with E-state index in [1.54, 1.807) is 6.33 Å². The first-order valence-electron chi connectivity index (χ1n) is 3.56. The topological polar surface area (TPSA) is 17.8 Å². The Morgan fingerprint density at radius 2 is 2.15 bits per heavy atom. The number of fused-ring (bicyclic) bond motifs is 1. The van der Waals surface area contributed by atoms with Crippen LogP contribution in [-0.2, 0) is 7.05 Å². The fourth-order valence-electron chi connectivity index (χ4n) is 1.17. The summed E-state index contributed by atoms with van der Waals surface area (Å²) in [5.74, 6) is 0. The summed E-state index contributed by atoms with van der Waals surface area (Å²) >= 11 is 15.3. The van der Waals surface area contributed by atoms with Crippen molar-refractivity contribution in [3.8, 4) is 0 Å². The van der Waals surface area contributed by atoms with Crippen molar-refractivity contribution in [2.45, 2.75) is 0 Å². The molecule has 0 radical (unpaired) electrons. The van der Waals surface area contributed by atoms with Crippen LogP contribution >= 0.6 is 39.1 Å². The molecule has 68 valence electrons. The summed E-state index contributed by atoms with van der Waals surface area (Å²) in [7, 11) is 1.90. The minimum atomic E-state index is 0.558. The zero-order valence-electron chi connectivity index (χ0n) is 6.68. The molecule has 0 aliphatic heterocycles. The SMILES string of the molecule is Cn1cnc2c(Cl)c(Br)c(Cl)cc21. The zero-order chi connectivity index (χ0) is 9.59. The maximum atomic E-state index is 6.04. The number of rotatable bonds is 0. The van der Waals surface area contributed by atoms with E-state index in [-0.39, 0.29) is 0 Å². The van der Waals surface area contributed by atoms with E-state index in [9.17, 15) is 0 Å². The van der Waals surface area contributed by atoms with Crippen LogP contribution in [0.4, 0.5) is 0 Å². The van der Waals surface area contributed by atoms with E-state index in [1.165, 1.54) is 0 Å². The van der Waals surface area contributed by atoms with Crippen LogP contribution < -0.4 is 0 Å². The number of aryl methyl sites for hydroxylation is 1. The minimum absolute atomic E-state index is 0.558. The molecule has 1 aromatic carbocycles. The molecule has 0 bridgehead atoms. The van der Waals surface area contributed by atoms with Crippen LogP contribution in [0.15, 0.2) is 16.9 Å². The third-order valence-corrected chi connectivity index (χ3v) is 3.80. The van der Waals surface area contributed by atoms with Crippen LogP contribution in [0.1, 0.15) is 0 Å². The third kappa shape index (κ3) is 1.35. The maximum Gasteiger partial charge on any atom is 0.108 e. The lowest BCUT2D eigenvalue weighted by atomic mass is 10.3. The van der Waals surface area contributed by atoms with Crippen LogP contribution in [0.2, 0.25) is 10.0 Å². The highest BCUT2D eigenvalue weighted by atomic mass is 79.9. The number of benzene rings is 1. The van der Waals surface area contributed by atoms with E-state index in [4.69, 9.17) is 23.2 Å². The van der Waals surface area contributed by atoms with Gasteiger partial charge in [0.1, 0.15) is 5.52 Å². The highest BCUT2D eigenvalue weighted by Crippen LogP contribution is 2.35. The standard InChI is InChI=1S/C8H5BrCl2N2/c1-13-3-12-8-5(13)2-4(10)6(9)7(8)11/h2-3H,1H3. The lowest BCUT2D eigenvalue weighted by Crippen LogP contribution is -1.84. The predicted octanol–water partition coefficient (Wildman–Crippen LogP) is 3.64. The molecule has 1 aromatic heterocycles. The van der Waals surface area contributed by atoms with Gasteiger partial charge in [-0.25, -0.2) is 4.98 Å². The second kappa shape index (κ2) is 3.15. The Balaban J connectivity index is 2.96. The van der Waals surface area contributed by atoms with E-state index in [0.29, 0.717) is 14.5 Å². The predicted molar refractivity (Wildman–Crippen MR) is 58.4 cm³/mol. The molecule has 0 unspecified atom stereocenters. The molecule has 0 fully saturated rings. The van der Waals surface area contributed by atoms with Crippen LogP contribution in [0.25, 0.3) is 11.0 Å². The summed E-state index contributed by atoms with van der Waals surface area (Å²) in [6.07, 6.45) is 1.71. The van der Waals surface area contributed by atoms with Gasteiger partial charge in [-0.05, 0) is 22.0 Å². The molecule has 0 saturated carbocycles. The summed E-state index contributed by atoms with van der Waals surface area (Å²) in [6, 6.07) is 1.83. The van der Waals surface area contributed by atoms with Gasteiger partial charge < -0.3 is 4.57 Å². The van der Waals surface area contributed by atoms with Crippen molar-refractivity contribution in [3.63, 3.8) is 0 Å². The highest BCUT2D eigenvalue weighted by molar-refractivity contribution is 9.10. The van der Waals surface area contributed by atoms with Crippen molar-refractivity contribution >= 4 is 50.2 Å². The normalized spacial score (nSPS) is 11.1. The molecule has 5 heteroatoms. The van der Waals surface area contributed by atoms with Gasteiger partial charge in [-0.1, -0.05) is 23.2 Å². The molecule has 1 heterocycles. The van der Waals surface area contributed by atoms with Crippen molar-refractivity contribution in [3.05, 3.63) is 26.9 Å². The Kier molecular flexibility index (Phi) is 2.26. The van der Waals surface area contributed by atoms with Crippen LogP contribution in [0, 0.1) is 0 Å². The smallest absolute Gasteiger partial charge is 0.108 e. The van der Waals surface area contributed by atoms with Gasteiger partial charge in [0, 0.05) is 7.05 Å². The molecule has 0 amide bonds. The zero-order valence-corrected chi connectivity index (χ0v) is 9.78. The summed E-state index contributed by atoms with van der Waals surface area (Å²) in [5.41, 5.74) is 1.69. The van der Waals surface area contributed by atoms with E-state index in [2.05, 4.69) is 20.9 Å². The van der Waals surface area contributed by atoms with Crippen molar-refractivity contribution < 1.29 is 0 Å². The maximum absolute atomic E-state index is 6.04. The Bertz CT molecular complexity index is 478. The van der Waals surface area contributed by atoms with E-state index >= 15 is 0 Å². The number of aromatic nitrogens is 2. The molecular formula is C8H5BrCl2N2. The van der Waals surface area contributed by atoms with Gasteiger partial charge in [-0.2, -0.15) is 0 Å². The minimum Gasteiger partial charge on any atom is -0.334 e. The number of nitrogens with zero attached hydrogens (tertiary/aromatic N) is 2. The van der Waals surface area contributed by atoms with E-state index < -0.39 is 0 Å². The van der Waals surface area contributed by atoms with Gasteiger partial charge in [0.25, 0.3) is 0 Å². The highest BCUT2D eigenvalue weighted by Gasteiger charge is 2.11. The van der Waals surface area contributed by atoms with Gasteiger partial charge in [-0.15, -0.1) is 0 Å². The summed E-state index contributed by atoms with van der Waals surface area (Å²) in [5, 5.41) is 1.16. The summed E-state index contributed by atoms with van der Waals surface area (Å²) in [6.45, 7) is 0. The van der Waals surface area contributed by atoms with Crippen LogP contribution in [0.5, 0.6) is 0 Å². The Morgan fingerprint density at radius 3 is 2.85 bits per heavy atom. The van der Waals surface area contributed by atoms with Crippen LogP contribution in [0.3, 0.4) is 0 Å². The monoisotopic (exact) mass is 278 g/mol. The van der Waals surface area contributed by atoms with Crippen molar-refractivity contribution in [2.24, 2.45) is 7.05 Å². The number of hydrogen-bond donors (Lipinski definition) is 0. The first kappa shape index (κ1) is 9.31. The molecule has 0 aliphatic carbocycles. The number of hydrogen-bond acceptors (Lipinski definition) is 1. The van der Waals surface area contributed by atoms with Gasteiger partial charge in [0.05, 0.1) is 26.4 Å². The van der Waals surface area contributed by atoms with Gasteiger partial charge in [0.2, 0.25) is 0 Å². The molecule has 13 heavy (non-hydrogen) atoms. The molecular weight excluding hydrogens is 275 g/mol. The first-order valence-corrected chi connectivity index (χ1v) is 5.10. The lowest BCUT2D eigenvalue weighted by molar-refractivity contribution is 0.947. The van der Waals surface area contributed by atoms with E-state index in [1.807, 2.05) is 17.7 Å². The molecule has 0 aliphatic rings. The molecule has 0 N–H and O–H groups in total. The van der Waals surface area contributed by atoms with Crippen molar-refractivity contribution in [2.75, 3.05) is 0 Å². The molecule has 2 nitrogen and oxygen atoms in total. The Labute approximate surface area is 93.6 Å². The Morgan fingerprint density at radius 1 is 1.46 bits per heavy atom. The van der Waals surface area contributed by atoms with E-state index in [0.717, 1.165) is 11.0 Å². The third-order valence-electron chi connectivity index (χ3n) is 1.86. The molecule has 2 aromatic rings. The quantitative estimate of drug-likeness (QED) is 0.673. The fraction of sp³-hybridized carbons (Fsp3) is 0.125. The molecule has 0 saturated heterocycles. The van der Waals surface area contributed by atoms with Crippen molar-refractivity contribution in [1.29, 1.82) is 0 Å². The largest absolute Gasteiger partial charge is 0.334 e. The number of imidazole rings is 1. The van der Waals surface area contributed by atoms with Crippen molar-refractivity contribution in [1.82, 2.24) is 9.55 Å². The average Bonchev–Trinajstić information content (AvgIpc) is 2.45. The van der Waals surface area contributed by atoms with Crippen LogP contribution in [-0.4, -0.2) is 9.55 Å². The summed E-state index contributed by atoms with van der Waals surface area (Å²) < 4.78 is 2.57. The second-order valence-electron chi connectivity index (χ2n) is 2.71. The molecule has 2 rings (SSSR count). The second-order valence-corrected chi connectivity index (χ2v) is 4.29. The fourth-order valence-corrected chi connectivity index (χ4v) is 1.97. The van der Waals surface area contributed by atoms with Gasteiger partial charge in [-0.3, -0.25) is 0 Å². The van der Waals surface area contributed by atoms with Gasteiger partial charge in [0.15, 0.2) is 0 Å². The molecule has 0 atom stereocenters. The molecule has 0 spiro atoms. The van der Waals surface area contributed by atoms with Gasteiger partial charge >= 0.3 is 0 Å².